The van der Waals surface area contributed by atoms with E-state index >= 15 is 0 Å². The van der Waals surface area contributed by atoms with Crippen LogP contribution in [-0.4, -0.2) is 43.2 Å². The van der Waals surface area contributed by atoms with Crippen LogP contribution in [0.25, 0.3) is 0 Å². The first-order valence-corrected chi connectivity index (χ1v) is 6.63. The molecule has 2 N–H and O–H groups in total. The fourth-order valence-electron chi connectivity index (χ4n) is 1.30. The highest BCUT2D eigenvalue weighted by molar-refractivity contribution is 5.74. The standard InChI is InChI=1S/C13H29N3O/c1-7-11(4)16(6)9-8-14-13(17)15-12(5)10(2)3/h10-12H,7-9H2,1-6H3,(H2,14,15,17). The second-order valence-electron chi connectivity index (χ2n) is 5.17. The van der Waals surface area contributed by atoms with Crippen LogP contribution in [0.3, 0.4) is 0 Å². The number of nitrogens with zero attached hydrogens (tertiary/aromatic N) is 1. The summed E-state index contributed by atoms with van der Waals surface area (Å²) in [5, 5.41) is 5.81. The lowest BCUT2D eigenvalue weighted by atomic mass is 10.1. The highest BCUT2D eigenvalue weighted by atomic mass is 16.2. The second-order valence-corrected chi connectivity index (χ2v) is 5.17. The van der Waals surface area contributed by atoms with Gasteiger partial charge in [0.2, 0.25) is 0 Å². The maximum Gasteiger partial charge on any atom is 0.315 e. The van der Waals surface area contributed by atoms with E-state index in [0.29, 0.717) is 18.5 Å². The Morgan fingerprint density at radius 2 is 1.82 bits per heavy atom. The number of rotatable bonds is 7. The van der Waals surface area contributed by atoms with E-state index in [2.05, 4.69) is 50.3 Å². The maximum absolute atomic E-state index is 11.5. The second kappa shape index (κ2) is 8.34. The SMILES string of the molecule is CCC(C)N(C)CCNC(=O)NC(C)C(C)C. The summed E-state index contributed by atoms with van der Waals surface area (Å²) in [6.07, 6.45) is 1.13. The van der Waals surface area contributed by atoms with Gasteiger partial charge in [-0.3, -0.25) is 0 Å². The Hall–Kier alpha value is -0.770. The summed E-state index contributed by atoms with van der Waals surface area (Å²) in [6.45, 7) is 12.2. The third-order valence-electron chi connectivity index (χ3n) is 3.45. The van der Waals surface area contributed by atoms with Gasteiger partial charge in [0.05, 0.1) is 0 Å². The normalized spacial score (nSPS) is 14.8. The van der Waals surface area contributed by atoms with E-state index in [1.807, 2.05) is 6.92 Å². The monoisotopic (exact) mass is 243 g/mol. The lowest BCUT2D eigenvalue weighted by molar-refractivity contribution is 0.225. The minimum absolute atomic E-state index is 0.0660. The van der Waals surface area contributed by atoms with Gasteiger partial charge in [-0.15, -0.1) is 0 Å². The van der Waals surface area contributed by atoms with Gasteiger partial charge >= 0.3 is 6.03 Å². The van der Waals surface area contributed by atoms with E-state index in [1.165, 1.54) is 0 Å². The topological polar surface area (TPSA) is 44.4 Å². The molecule has 2 unspecified atom stereocenters. The highest BCUT2D eigenvalue weighted by Crippen LogP contribution is 1.99. The van der Waals surface area contributed by atoms with Crippen molar-refractivity contribution in [3.63, 3.8) is 0 Å². The fourth-order valence-corrected chi connectivity index (χ4v) is 1.30. The molecule has 0 aromatic carbocycles. The molecular formula is C13H29N3O. The third-order valence-corrected chi connectivity index (χ3v) is 3.45. The summed E-state index contributed by atoms with van der Waals surface area (Å²) in [7, 11) is 2.09. The number of carbonyl (C=O) groups is 1. The first-order valence-electron chi connectivity index (χ1n) is 6.63. The van der Waals surface area contributed by atoms with E-state index in [-0.39, 0.29) is 12.1 Å². The molecule has 2 atom stereocenters. The van der Waals surface area contributed by atoms with E-state index in [0.717, 1.165) is 13.0 Å². The van der Waals surface area contributed by atoms with Crippen molar-refractivity contribution in [3.8, 4) is 0 Å². The number of amides is 2. The number of carbonyl (C=O) groups excluding carboxylic acids is 1. The molecule has 0 bridgehead atoms. The van der Waals surface area contributed by atoms with E-state index < -0.39 is 0 Å². The average molecular weight is 243 g/mol. The molecule has 0 aliphatic heterocycles. The first kappa shape index (κ1) is 16.2. The molecule has 0 aromatic heterocycles. The van der Waals surface area contributed by atoms with Crippen LogP contribution in [0.1, 0.15) is 41.0 Å². The van der Waals surface area contributed by atoms with Gasteiger partial charge in [-0.05, 0) is 33.2 Å². The van der Waals surface area contributed by atoms with Gasteiger partial charge in [-0.1, -0.05) is 20.8 Å². The molecular weight excluding hydrogens is 214 g/mol. The zero-order valence-electron chi connectivity index (χ0n) is 12.2. The summed E-state index contributed by atoms with van der Waals surface area (Å²) in [6, 6.07) is 0.709. The smallest absolute Gasteiger partial charge is 0.315 e. The van der Waals surface area contributed by atoms with Crippen molar-refractivity contribution in [2.75, 3.05) is 20.1 Å². The largest absolute Gasteiger partial charge is 0.337 e. The van der Waals surface area contributed by atoms with Gasteiger partial charge in [0.15, 0.2) is 0 Å². The molecule has 0 spiro atoms. The molecule has 4 heteroatoms. The molecule has 0 saturated heterocycles. The zero-order chi connectivity index (χ0) is 13.4. The first-order chi connectivity index (χ1) is 7.88. The van der Waals surface area contributed by atoms with E-state index in [4.69, 9.17) is 0 Å². The molecule has 0 aliphatic carbocycles. The predicted octanol–water partition coefficient (Wildman–Crippen LogP) is 2.06. The Balaban J connectivity index is 3.71. The molecule has 4 nitrogen and oxygen atoms in total. The van der Waals surface area contributed by atoms with Crippen molar-refractivity contribution in [1.29, 1.82) is 0 Å². The van der Waals surface area contributed by atoms with Crippen LogP contribution in [0.2, 0.25) is 0 Å². The van der Waals surface area contributed by atoms with Crippen LogP contribution in [0.4, 0.5) is 4.79 Å². The van der Waals surface area contributed by atoms with Gasteiger partial charge in [0.1, 0.15) is 0 Å². The Bertz CT molecular complexity index is 219. The molecule has 0 saturated carbocycles. The van der Waals surface area contributed by atoms with Gasteiger partial charge in [-0.2, -0.15) is 0 Å². The highest BCUT2D eigenvalue weighted by Gasteiger charge is 2.10. The van der Waals surface area contributed by atoms with E-state index in [1.54, 1.807) is 0 Å². The van der Waals surface area contributed by atoms with Crippen molar-refractivity contribution in [3.05, 3.63) is 0 Å². The number of hydrogen-bond acceptors (Lipinski definition) is 2. The fraction of sp³-hybridized carbons (Fsp3) is 0.923. The molecule has 0 radical (unpaired) electrons. The van der Waals surface area contributed by atoms with Crippen LogP contribution >= 0.6 is 0 Å². The zero-order valence-corrected chi connectivity index (χ0v) is 12.2. The average Bonchev–Trinajstić information content (AvgIpc) is 2.27. The van der Waals surface area contributed by atoms with Crippen molar-refractivity contribution in [2.45, 2.75) is 53.1 Å². The summed E-state index contributed by atoms with van der Waals surface area (Å²) >= 11 is 0. The number of likely N-dealkylation sites (N-methyl/N-ethyl adjacent to an activating group) is 1. The Kier molecular flexibility index (Phi) is 7.96. The number of hydrogen-bond donors (Lipinski definition) is 2. The molecule has 2 amide bonds. The quantitative estimate of drug-likeness (QED) is 0.719. The Labute approximate surface area is 106 Å². The number of urea groups is 1. The lowest BCUT2D eigenvalue weighted by Gasteiger charge is -2.24. The van der Waals surface area contributed by atoms with Crippen molar-refractivity contribution in [1.82, 2.24) is 15.5 Å². The van der Waals surface area contributed by atoms with Crippen LogP contribution in [0, 0.1) is 5.92 Å². The molecule has 0 aliphatic rings. The molecule has 0 rings (SSSR count). The number of nitrogens with one attached hydrogen (secondary N) is 2. The van der Waals surface area contributed by atoms with Crippen LogP contribution in [0.15, 0.2) is 0 Å². The van der Waals surface area contributed by atoms with E-state index in [9.17, 15) is 4.79 Å². The minimum atomic E-state index is -0.0660. The summed E-state index contributed by atoms with van der Waals surface area (Å²) in [5.41, 5.74) is 0. The van der Waals surface area contributed by atoms with Crippen molar-refractivity contribution >= 4 is 6.03 Å². The van der Waals surface area contributed by atoms with Gasteiger partial charge in [0.25, 0.3) is 0 Å². The molecule has 0 fully saturated rings. The maximum atomic E-state index is 11.5. The molecule has 17 heavy (non-hydrogen) atoms. The van der Waals surface area contributed by atoms with Crippen LogP contribution < -0.4 is 10.6 Å². The van der Waals surface area contributed by atoms with Crippen LogP contribution in [-0.2, 0) is 0 Å². The summed E-state index contributed by atoms with van der Waals surface area (Å²) in [5.74, 6) is 0.462. The van der Waals surface area contributed by atoms with Crippen molar-refractivity contribution < 1.29 is 4.79 Å². The summed E-state index contributed by atoms with van der Waals surface area (Å²) in [4.78, 5) is 13.8. The minimum Gasteiger partial charge on any atom is -0.337 e. The Morgan fingerprint density at radius 1 is 1.24 bits per heavy atom. The van der Waals surface area contributed by atoms with Gasteiger partial charge in [0, 0.05) is 25.2 Å². The third kappa shape index (κ3) is 7.21. The summed E-state index contributed by atoms with van der Waals surface area (Å²) < 4.78 is 0. The van der Waals surface area contributed by atoms with Crippen LogP contribution in [0.5, 0.6) is 0 Å². The van der Waals surface area contributed by atoms with Crippen molar-refractivity contribution in [2.24, 2.45) is 5.92 Å². The predicted molar refractivity (Wildman–Crippen MR) is 73.2 cm³/mol. The van der Waals surface area contributed by atoms with Gasteiger partial charge in [-0.25, -0.2) is 4.79 Å². The molecule has 0 aromatic rings. The lowest BCUT2D eigenvalue weighted by Crippen LogP contribution is -2.45. The molecule has 0 heterocycles. The Morgan fingerprint density at radius 3 is 2.29 bits per heavy atom. The van der Waals surface area contributed by atoms with Gasteiger partial charge < -0.3 is 15.5 Å². The molecule has 102 valence electrons.